The molecule has 0 saturated heterocycles. The number of hydrogen-bond acceptors (Lipinski definition) is 7. The average molecular weight is 638 g/mol. The summed E-state index contributed by atoms with van der Waals surface area (Å²) in [5.74, 6) is -1.83. The molecule has 0 aliphatic rings. The monoisotopic (exact) mass is 637 g/mol. The van der Waals surface area contributed by atoms with E-state index < -0.39 is 18.1 Å². The second kappa shape index (κ2) is 29.2. The number of rotatable bonds is 31. The Hall–Kier alpha value is -2.19. The molecule has 262 valence electrons. The quantitative estimate of drug-likeness (QED) is 0.0342. The molecule has 45 heavy (non-hydrogen) atoms. The molecule has 0 bridgehead atoms. The molecule has 0 heterocycles. The first-order valence-electron chi connectivity index (χ1n) is 17.9. The van der Waals surface area contributed by atoms with Gasteiger partial charge in [0.2, 0.25) is 0 Å². The maximum Gasteiger partial charge on any atom is 0.306 e. The Kier molecular flexibility index (Phi) is 27.8. The van der Waals surface area contributed by atoms with Gasteiger partial charge in [-0.15, -0.1) is 0 Å². The van der Waals surface area contributed by atoms with E-state index in [2.05, 4.69) is 32.1 Å². The molecule has 0 aromatic rings. The second-order valence-electron chi connectivity index (χ2n) is 13.1. The number of aliphatic carboxylic acids is 1. The Bertz CT molecular complexity index is 803. The van der Waals surface area contributed by atoms with E-state index in [0.29, 0.717) is 12.8 Å². The molecule has 2 atom stereocenters. The SMILES string of the molecule is CCCCCCCC/C=C/C/C=C/CCC(=O)OCC(COCCC(C(=O)[O-])[N+](C)(C)C)OC(=O)CCCCCCCCCC. The second-order valence-corrected chi connectivity index (χ2v) is 13.1. The van der Waals surface area contributed by atoms with Crippen molar-refractivity contribution >= 4 is 17.9 Å². The van der Waals surface area contributed by atoms with Crippen molar-refractivity contribution in [2.45, 2.75) is 154 Å². The number of allylic oxidation sites excluding steroid dienone is 4. The zero-order chi connectivity index (χ0) is 33.6. The summed E-state index contributed by atoms with van der Waals surface area (Å²) in [6.45, 7) is 4.53. The zero-order valence-corrected chi connectivity index (χ0v) is 29.5. The summed E-state index contributed by atoms with van der Waals surface area (Å²) < 4.78 is 16.9. The van der Waals surface area contributed by atoms with Crippen molar-refractivity contribution < 1.29 is 38.2 Å². The molecule has 0 aliphatic heterocycles. The van der Waals surface area contributed by atoms with E-state index in [9.17, 15) is 19.5 Å². The van der Waals surface area contributed by atoms with E-state index in [1.165, 1.54) is 70.6 Å². The summed E-state index contributed by atoms with van der Waals surface area (Å²) in [6.07, 6.45) is 28.0. The van der Waals surface area contributed by atoms with Crippen molar-refractivity contribution in [1.82, 2.24) is 0 Å². The lowest BCUT2D eigenvalue weighted by atomic mass is 10.1. The van der Waals surface area contributed by atoms with Crippen molar-refractivity contribution in [2.75, 3.05) is 41.0 Å². The number of carboxylic acid groups (broad SMARTS) is 1. The molecule has 8 heteroatoms. The highest BCUT2D eigenvalue weighted by molar-refractivity contribution is 5.70. The van der Waals surface area contributed by atoms with E-state index in [-0.39, 0.29) is 49.1 Å². The van der Waals surface area contributed by atoms with E-state index in [0.717, 1.165) is 32.1 Å². The normalized spacial score (nSPS) is 13.4. The van der Waals surface area contributed by atoms with Gasteiger partial charge in [-0.2, -0.15) is 0 Å². The molecule has 0 saturated carbocycles. The molecule has 0 fully saturated rings. The fourth-order valence-corrected chi connectivity index (χ4v) is 5.00. The van der Waals surface area contributed by atoms with E-state index in [1.54, 1.807) is 21.1 Å². The van der Waals surface area contributed by atoms with Gasteiger partial charge in [-0.05, 0) is 32.1 Å². The first-order chi connectivity index (χ1) is 21.6. The lowest BCUT2D eigenvalue weighted by molar-refractivity contribution is -0.889. The number of hydrogen-bond donors (Lipinski definition) is 0. The first kappa shape index (κ1) is 42.8. The highest BCUT2D eigenvalue weighted by Crippen LogP contribution is 2.12. The molecule has 8 nitrogen and oxygen atoms in total. The highest BCUT2D eigenvalue weighted by Gasteiger charge is 2.25. The van der Waals surface area contributed by atoms with Crippen LogP contribution in [0.2, 0.25) is 0 Å². The van der Waals surface area contributed by atoms with Gasteiger partial charge in [0.25, 0.3) is 0 Å². The third-order valence-electron chi connectivity index (χ3n) is 7.85. The summed E-state index contributed by atoms with van der Waals surface area (Å²) in [5, 5.41) is 11.5. The predicted molar refractivity (Wildman–Crippen MR) is 180 cm³/mol. The molecule has 0 N–H and O–H groups in total. The predicted octanol–water partition coefficient (Wildman–Crippen LogP) is 7.24. The Morgan fingerprint density at radius 2 is 1.22 bits per heavy atom. The van der Waals surface area contributed by atoms with Crippen molar-refractivity contribution in [3.63, 3.8) is 0 Å². The molecule has 0 rings (SSSR count). The van der Waals surface area contributed by atoms with Gasteiger partial charge < -0.3 is 28.6 Å². The number of likely N-dealkylation sites (N-methyl/N-ethyl adjacent to an activating group) is 1. The Labute approximate surface area is 275 Å². The standard InChI is InChI=1S/C37H67NO7/c1-6-8-10-12-14-16-17-18-19-20-22-23-25-27-35(39)44-32-33(31-43-30-29-34(37(41)42)38(3,4)5)45-36(40)28-26-24-21-15-13-11-9-7-2/h18-19,22-23,33-34H,6-17,20-21,24-32H2,1-5H3/b19-18+,23-22+. The van der Waals surface area contributed by atoms with E-state index in [4.69, 9.17) is 14.2 Å². The van der Waals surface area contributed by atoms with Gasteiger partial charge in [-0.25, -0.2) is 0 Å². The highest BCUT2D eigenvalue weighted by atomic mass is 16.6. The largest absolute Gasteiger partial charge is 0.544 e. The van der Waals surface area contributed by atoms with Crippen LogP contribution in [0.1, 0.15) is 142 Å². The fraction of sp³-hybridized carbons (Fsp3) is 0.811. The number of ether oxygens (including phenoxy) is 3. The summed E-state index contributed by atoms with van der Waals surface area (Å²) in [7, 11) is 5.37. The topological polar surface area (TPSA) is 102 Å². The molecule has 0 aromatic carbocycles. The van der Waals surface area contributed by atoms with Gasteiger partial charge in [-0.3, -0.25) is 9.59 Å². The van der Waals surface area contributed by atoms with Crippen LogP contribution in [0.5, 0.6) is 0 Å². The number of esters is 2. The lowest BCUT2D eigenvalue weighted by Gasteiger charge is -2.34. The number of quaternary nitrogens is 1. The van der Waals surface area contributed by atoms with Crippen LogP contribution in [0.3, 0.4) is 0 Å². The van der Waals surface area contributed by atoms with E-state index in [1.807, 2.05) is 6.08 Å². The summed E-state index contributed by atoms with van der Waals surface area (Å²) >= 11 is 0. The fourth-order valence-electron chi connectivity index (χ4n) is 5.00. The molecular formula is C37H67NO7. The molecule has 0 aliphatic carbocycles. The van der Waals surface area contributed by atoms with Crippen molar-refractivity contribution in [3.8, 4) is 0 Å². The van der Waals surface area contributed by atoms with Crippen LogP contribution in [0.25, 0.3) is 0 Å². The Morgan fingerprint density at radius 1 is 0.667 bits per heavy atom. The molecular weight excluding hydrogens is 570 g/mol. The summed E-state index contributed by atoms with van der Waals surface area (Å²) in [4.78, 5) is 36.4. The third-order valence-corrected chi connectivity index (χ3v) is 7.85. The molecule has 2 unspecified atom stereocenters. The van der Waals surface area contributed by atoms with Crippen molar-refractivity contribution in [2.24, 2.45) is 0 Å². The van der Waals surface area contributed by atoms with Crippen LogP contribution < -0.4 is 5.11 Å². The Morgan fingerprint density at radius 3 is 1.80 bits per heavy atom. The smallest absolute Gasteiger partial charge is 0.306 e. The van der Waals surface area contributed by atoms with Crippen LogP contribution in [0, 0.1) is 0 Å². The zero-order valence-electron chi connectivity index (χ0n) is 29.5. The minimum atomic E-state index is -1.13. The molecule has 0 aromatic heterocycles. The number of carbonyl (C=O) groups excluding carboxylic acids is 3. The lowest BCUT2D eigenvalue weighted by Crippen LogP contribution is -2.55. The number of nitrogens with zero attached hydrogens (tertiary/aromatic N) is 1. The number of carboxylic acids is 1. The van der Waals surface area contributed by atoms with Gasteiger partial charge in [-0.1, -0.05) is 115 Å². The minimum absolute atomic E-state index is 0.0261. The minimum Gasteiger partial charge on any atom is -0.544 e. The maximum atomic E-state index is 12.5. The maximum absolute atomic E-state index is 12.5. The third kappa shape index (κ3) is 27.8. The van der Waals surface area contributed by atoms with Crippen LogP contribution in [0.15, 0.2) is 24.3 Å². The van der Waals surface area contributed by atoms with Crippen LogP contribution in [-0.4, -0.2) is 75.5 Å². The van der Waals surface area contributed by atoms with Crippen molar-refractivity contribution in [1.29, 1.82) is 0 Å². The van der Waals surface area contributed by atoms with Crippen molar-refractivity contribution in [3.05, 3.63) is 24.3 Å². The summed E-state index contributed by atoms with van der Waals surface area (Å²) in [5.41, 5.74) is 0. The van der Waals surface area contributed by atoms with Crippen LogP contribution in [-0.2, 0) is 28.6 Å². The molecule has 0 amide bonds. The van der Waals surface area contributed by atoms with E-state index >= 15 is 0 Å². The Balaban J connectivity index is 4.51. The van der Waals surface area contributed by atoms with Gasteiger partial charge in [0.05, 0.1) is 40.3 Å². The number of unbranched alkanes of at least 4 members (excludes halogenated alkanes) is 13. The van der Waals surface area contributed by atoms with Gasteiger partial charge in [0.1, 0.15) is 12.6 Å². The van der Waals surface area contributed by atoms with Gasteiger partial charge in [0.15, 0.2) is 6.10 Å². The van der Waals surface area contributed by atoms with Crippen LogP contribution in [0.4, 0.5) is 0 Å². The number of carbonyl (C=O) groups is 3. The molecule has 0 spiro atoms. The first-order valence-corrected chi connectivity index (χ1v) is 17.9. The van der Waals surface area contributed by atoms with Crippen LogP contribution >= 0.6 is 0 Å². The van der Waals surface area contributed by atoms with Gasteiger partial charge >= 0.3 is 11.9 Å². The van der Waals surface area contributed by atoms with Gasteiger partial charge in [0, 0.05) is 19.3 Å². The average Bonchev–Trinajstić information content (AvgIpc) is 2.98. The molecule has 0 radical (unpaired) electrons. The summed E-state index contributed by atoms with van der Waals surface area (Å²) in [6, 6.07) is -0.727.